The summed E-state index contributed by atoms with van der Waals surface area (Å²) in [4.78, 5) is 10.1. The molecule has 1 N–H and O–H groups in total. The number of imidazole rings is 1. The lowest BCUT2D eigenvalue weighted by atomic mass is 9.83. The monoisotopic (exact) mass is 818 g/mol. The van der Waals surface area contributed by atoms with E-state index < -0.39 is 68.0 Å². The van der Waals surface area contributed by atoms with Crippen LogP contribution in [0, 0.1) is 6.85 Å². The number of para-hydroxylation sites is 1. The van der Waals surface area contributed by atoms with E-state index in [1.807, 2.05) is 124 Å². The highest BCUT2D eigenvalue weighted by Gasteiger charge is 2.25. The van der Waals surface area contributed by atoms with Crippen molar-refractivity contribution < 1.29 is 27.0 Å². The number of hydrogen-bond acceptors (Lipinski definition) is 3. The number of aromatic hydroxyl groups is 1. The summed E-state index contributed by atoms with van der Waals surface area (Å²) in [6.45, 7) is 0.265. The molecule has 308 valence electrons. The SMILES string of the molecule is [2H]c1c([2H])c(C(C([2H])([2H])[2H])(C([2H])([2H])[2H])C([2H])([2H])[2H])c([2H])c([2H])c1-c1ccnc(-c2cc(-c3cccc4c3nc(-c3cc(C(C)C)cc(C(C)C)c3O)n4-c3ccc(-c4ccccc4)c(C([2H])([2H])[2H])c3)cc(C(C)(C)C)c2)c1. The number of benzene rings is 6. The van der Waals surface area contributed by atoms with Crippen molar-refractivity contribution in [3.05, 3.63) is 167 Å². The van der Waals surface area contributed by atoms with E-state index in [0.29, 0.717) is 56.1 Å². The molecule has 0 radical (unpaired) electrons. The van der Waals surface area contributed by atoms with Crippen molar-refractivity contribution in [2.45, 2.75) is 98.5 Å². The van der Waals surface area contributed by atoms with Crippen LogP contribution in [0.25, 0.3) is 72.7 Å². The Morgan fingerprint density at radius 3 is 2.07 bits per heavy atom. The average molecular weight is 818 g/mol. The highest BCUT2D eigenvalue weighted by atomic mass is 16.3. The van der Waals surface area contributed by atoms with Crippen molar-refractivity contribution >= 4 is 11.0 Å². The van der Waals surface area contributed by atoms with Crippen LogP contribution in [0.3, 0.4) is 0 Å². The minimum Gasteiger partial charge on any atom is -0.507 e. The third-order valence-electron chi connectivity index (χ3n) is 11.2. The fourth-order valence-electron chi connectivity index (χ4n) is 7.69. The largest absolute Gasteiger partial charge is 0.507 e. The average Bonchev–Trinajstić information content (AvgIpc) is 3.85. The second kappa shape index (κ2) is 16.0. The Morgan fingerprint density at radius 2 is 1.38 bits per heavy atom. The van der Waals surface area contributed by atoms with Crippen molar-refractivity contribution in [1.29, 1.82) is 0 Å². The van der Waals surface area contributed by atoms with Gasteiger partial charge in [-0.05, 0) is 134 Å². The molecule has 0 fully saturated rings. The number of hydrogen-bond donors (Lipinski definition) is 1. The number of rotatable bonds is 8. The van der Waals surface area contributed by atoms with Crippen LogP contribution in [0.2, 0.25) is 0 Å². The predicted octanol–water partition coefficient (Wildman–Crippen LogP) is 15.6. The lowest BCUT2D eigenvalue weighted by molar-refractivity contribution is 0.466. The molecule has 0 bridgehead atoms. The summed E-state index contributed by atoms with van der Waals surface area (Å²) in [5.41, 5.74) is 2.58. The molecular formula is C57H59N3O. The van der Waals surface area contributed by atoms with Crippen molar-refractivity contribution in [2.75, 3.05) is 0 Å². The van der Waals surface area contributed by atoms with E-state index in [2.05, 4.69) is 18.8 Å². The fraction of sp³-hybridized carbons (Fsp3) is 0.263. The number of phenolic OH excluding ortho intramolecular Hbond substituents is 1. The summed E-state index contributed by atoms with van der Waals surface area (Å²) in [6, 6.07) is 29.1. The van der Waals surface area contributed by atoms with Gasteiger partial charge in [-0.25, -0.2) is 4.98 Å². The molecule has 0 amide bonds. The zero-order chi connectivity index (χ0) is 56.9. The molecule has 2 aromatic heterocycles. The first-order chi connectivity index (χ1) is 35.6. The highest BCUT2D eigenvalue weighted by Crippen LogP contribution is 2.43. The maximum Gasteiger partial charge on any atom is 0.149 e. The first-order valence-corrected chi connectivity index (χ1v) is 20.4. The summed E-state index contributed by atoms with van der Waals surface area (Å²) in [5, 5.41) is 12.2. The van der Waals surface area contributed by atoms with E-state index in [4.69, 9.17) is 26.9 Å². The number of pyridine rings is 1. The molecule has 0 unspecified atom stereocenters. The van der Waals surface area contributed by atoms with Crippen molar-refractivity contribution in [1.82, 2.24) is 14.5 Å². The summed E-state index contributed by atoms with van der Waals surface area (Å²) in [6.07, 6.45) is 1.40. The maximum absolute atomic E-state index is 12.2. The standard InChI is InChI=1S/C57H59N3O/c1-35(2)41-32-49(36(3)4)54(61)50(33-41)55-59-53-48(18-15-19-52(53)60(55)46-24-25-47(37(5)28-46)39-16-13-12-14-17-39)42-29-43(31-45(30-42)57(9,10)11)51-34-40(26-27-58-51)38-20-22-44(23-21-38)56(6,7)8/h12-36,61H,1-11H3/i5D3,6D3,7D3,8D3,20D,21D,22D,23D. The van der Waals surface area contributed by atoms with Crippen LogP contribution in [0.4, 0.5) is 0 Å². The number of aromatic nitrogens is 3. The lowest BCUT2D eigenvalue weighted by Crippen LogP contribution is -2.11. The second-order valence-electron chi connectivity index (χ2n) is 17.3. The Labute approximate surface area is 385 Å². The molecule has 0 aliphatic heterocycles. The summed E-state index contributed by atoms with van der Waals surface area (Å²) >= 11 is 0. The van der Waals surface area contributed by atoms with E-state index in [0.717, 1.165) is 22.3 Å². The molecule has 2 heterocycles. The molecule has 61 heavy (non-hydrogen) atoms. The van der Waals surface area contributed by atoms with Crippen LogP contribution in [-0.2, 0) is 10.8 Å². The van der Waals surface area contributed by atoms with Crippen molar-refractivity contribution in [2.24, 2.45) is 0 Å². The van der Waals surface area contributed by atoms with Gasteiger partial charge in [-0.2, -0.15) is 0 Å². The Balaban J connectivity index is 1.39. The minimum absolute atomic E-state index is 0.0463. The minimum atomic E-state index is -3.82. The van der Waals surface area contributed by atoms with Gasteiger partial charge in [-0.3, -0.25) is 9.55 Å². The molecule has 4 heteroatoms. The van der Waals surface area contributed by atoms with Gasteiger partial charge in [0.05, 0.1) is 27.8 Å². The molecule has 0 saturated carbocycles. The molecule has 0 spiro atoms. The zero-order valence-electron chi connectivity index (χ0n) is 51.4. The maximum atomic E-state index is 12.2. The van der Waals surface area contributed by atoms with Crippen LogP contribution in [0.5, 0.6) is 5.75 Å². The number of phenols is 1. The van der Waals surface area contributed by atoms with Gasteiger partial charge in [-0.1, -0.05) is 154 Å². The smallest absolute Gasteiger partial charge is 0.149 e. The van der Waals surface area contributed by atoms with Gasteiger partial charge in [0.1, 0.15) is 11.6 Å². The quantitative estimate of drug-likeness (QED) is 0.166. The van der Waals surface area contributed by atoms with E-state index in [1.54, 1.807) is 12.1 Å². The summed E-state index contributed by atoms with van der Waals surface area (Å²) < 4.78 is 138. The molecule has 8 rings (SSSR count). The topological polar surface area (TPSA) is 50.9 Å². The summed E-state index contributed by atoms with van der Waals surface area (Å²) in [7, 11) is 0. The Bertz CT molecular complexity index is 3520. The second-order valence-corrected chi connectivity index (χ2v) is 17.3. The molecule has 0 aliphatic carbocycles. The molecule has 0 aliphatic rings. The van der Waals surface area contributed by atoms with Crippen molar-refractivity contribution in [3.63, 3.8) is 0 Å². The highest BCUT2D eigenvalue weighted by molar-refractivity contribution is 5.97. The van der Waals surface area contributed by atoms with Gasteiger partial charge < -0.3 is 5.11 Å². The van der Waals surface area contributed by atoms with Crippen molar-refractivity contribution in [3.8, 4) is 67.5 Å². The van der Waals surface area contributed by atoms with Gasteiger partial charge in [0.15, 0.2) is 0 Å². The van der Waals surface area contributed by atoms with E-state index in [-0.39, 0.29) is 34.3 Å². The van der Waals surface area contributed by atoms with E-state index in [9.17, 15) is 5.11 Å². The van der Waals surface area contributed by atoms with Crippen LogP contribution < -0.4 is 0 Å². The molecule has 4 nitrogen and oxygen atoms in total. The first kappa shape index (κ1) is 26.2. The van der Waals surface area contributed by atoms with Gasteiger partial charge in [0.25, 0.3) is 0 Å². The van der Waals surface area contributed by atoms with Crippen LogP contribution in [-0.4, -0.2) is 19.6 Å². The number of fused-ring (bicyclic) bond motifs is 1. The van der Waals surface area contributed by atoms with E-state index in [1.165, 1.54) is 18.3 Å². The Hall–Kier alpha value is -6.26. The Kier molecular flexibility index (Phi) is 6.85. The molecule has 0 saturated heterocycles. The molecular weight excluding hydrogens is 743 g/mol. The fourth-order valence-corrected chi connectivity index (χ4v) is 7.69. The van der Waals surface area contributed by atoms with E-state index >= 15 is 0 Å². The Morgan fingerprint density at radius 1 is 0.623 bits per heavy atom. The van der Waals surface area contributed by atoms with Gasteiger partial charge in [0, 0.05) is 39.5 Å². The summed E-state index contributed by atoms with van der Waals surface area (Å²) in [5.74, 6) is 0.430. The normalized spacial score (nSPS) is 16.9. The van der Waals surface area contributed by atoms with Gasteiger partial charge >= 0.3 is 0 Å². The number of aryl methyl sites for hydroxylation is 1. The molecule has 8 aromatic rings. The van der Waals surface area contributed by atoms with Crippen LogP contribution in [0.1, 0.15) is 131 Å². The zero-order valence-corrected chi connectivity index (χ0v) is 35.4. The van der Waals surface area contributed by atoms with Crippen LogP contribution >= 0.6 is 0 Å². The lowest BCUT2D eigenvalue weighted by Gasteiger charge is -2.22. The molecule has 6 aromatic carbocycles. The molecule has 0 atom stereocenters. The van der Waals surface area contributed by atoms with Gasteiger partial charge in [0.2, 0.25) is 0 Å². The van der Waals surface area contributed by atoms with Crippen LogP contribution in [0.15, 0.2) is 140 Å². The third kappa shape index (κ3) is 8.16. The van der Waals surface area contributed by atoms with Gasteiger partial charge in [-0.15, -0.1) is 0 Å². The predicted molar refractivity (Wildman–Crippen MR) is 258 cm³/mol. The first-order valence-electron chi connectivity index (χ1n) is 28.4. The third-order valence-corrected chi connectivity index (χ3v) is 11.2. The number of nitrogens with zero attached hydrogens (tertiary/aromatic N) is 3.